The number of rotatable bonds is 4. The van der Waals surface area contributed by atoms with E-state index >= 15 is 0 Å². The van der Waals surface area contributed by atoms with E-state index in [1.165, 1.54) is 23.5 Å². The highest BCUT2D eigenvalue weighted by Gasteiger charge is 2.44. The van der Waals surface area contributed by atoms with Gasteiger partial charge in [0, 0.05) is 29.1 Å². The van der Waals surface area contributed by atoms with Crippen LogP contribution in [-0.2, 0) is 9.84 Å². The predicted octanol–water partition coefficient (Wildman–Crippen LogP) is 5.48. The summed E-state index contributed by atoms with van der Waals surface area (Å²) in [5.41, 5.74) is 1.28. The monoisotopic (exact) mass is 486 g/mol. The van der Waals surface area contributed by atoms with Gasteiger partial charge in [-0.25, -0.2) is 17.8 Å². The zero-order valence-corrected chi connectivity index (χ0v) is 19.4. The van der Waals surface area contributed by atoms with Gasteiger partial charge in [0.05, 0.1) is 15.8 Å². The molecule has 2 aliphatic rings. The van der Waals surface area contributed by atoms with Gasteiger partial charge in [0.2, 0.25) is 0 Å². The zero-order chi connectivity index (χ0) is 21.5. The summed E-state index contributed by atoms with van der Waals surface area (Å²) in [6.07, 6.45) is 7.99. The van der Waals surface area contributed by atoms with Crippen LogP contribution in [0.15, 0.2) is 47.9 Å². The summed E-state index contributed by atoms with van der Waals surface area (Å²) < 4.78 is 40.0. The van der Waals surface area contributed by atoms with Crippen molar-refractivity contribution < 1.29 is 12.8 Å². The highest BCUT2D eigenvalue weighted by Crippen LogP contribution is 2.36. The van der Waals surface area contributed by atoms with E-state index in [2.05, 4.69) is 9.88 Å². The predicted molar refractivity (Wildman–Crippen MR) is 123 cm³/mol. The summed E-state index contributed by atoms with van der Waals surface area (Å²) in [6, 6.07) is 4.34. The first-order valence-corrected chi connectivity index (χ1v) is 12.9. The number of halogens is 3. The van der Waals surface area contributed by atoms with Gasteiger partial charge in [-0.1, -0.05) is 35.9 Å². The second kappa shape index (κ2) is 8.26. The molecule has 2 heterocycles. The summed E-state index contributed by atoms with van der Waals surface area (Å²) in [5, 5.41) is 1.82. The van der Waals surface area contributed by atoms with Gasteiger partial charge < -0.3 is 4.90 Å². The summed E-state index contributed by atoms with van der Waals surface area (Å²) in [6.45, 7) is 2.92. The van der Waals surface area contributed by atoms with Crippen LogP contribution in [-0.4, -0.2) is 41.9 Å². The van der Waals surface area contributed by atoms with Crippen LogP contribution in [0.3, 0.4) is 0 Å². The second-order valence-electron chi connectivity index (χ2n) is 7.76. The largest absolute Gasteiger partial charge is 0.348 e. The maximum Gasteiger partial charge on any atom is 0.185 e. The standard InChI is InChI=1S/C21H21Cl2FN2O2S2/c1-21(23)7-3-2-4-19(21)30(27,28)17-5-8-26(9-6-17)20-25-18(13-29-20)14-10-15(22)12-16(24)11-14/h2-4,7,10-13,17,19H,5-6,8-9H2,1H3. The topological polar surface area (TPSA) is 50.3 Å². The molecular weight excluding hydrogens is 466 g/mol. The van der Waals surface area contributed by atoms with Crippen molar-refractivity contribution in [3.63, 3.8) is 0 Å². The summed E-state index contributed by atoms with van der Waals surface area (Å²) >= 11 is 13.9. The lowest BCUT2D eigenvalue weighted by molar-refractivity contribution is 0.518. The van der Waals surface area contributed by atoms with Crippen LogP contribution in [0, 0.1) is 5.82 Å². The molecule has 0 spiro atoms. The highest BCUT2D eigenvalue weighted by atomic mass is 35.5. The molecule has 9 heteroatoms. The van der Waals surface area contributed by atoms with Crippen molar-refractivity contribution in [1.29, 1.82) is 0 Å². The van der Waals surface area contributed by atoms with Crippen molar-refractivity contribution in [3.8, 4) is 11.3 Å². The summed E-state index contributed by atoms with van der Waals surface area (Å²) in [7, 11) is -3.42. The Bertz CT molecular complexity index is 1080. The molecule has 4 nitrogen and oxygen atoms in total. The third kappa shape index (κ3) is 4.31. The van der Waals surface area contributed by atoms with Crippen LogP contribution < -0.4 is 4.90 Å². The maximum atomic E-state index is 13.6. The van der Waals surface area contributed by atoms with Crippen molar-refractivity contribution in [2.75, 3.05) is 18.0 Å². The molecule has 1 fully saturated rings. The van der Waals surface area contributed by atoms with Crippen LogP contribution in [0.5, 0.6) is 0 Å². The molecule has 1 aromatic heterocycles. The first-order chi connectivity index (χ1) is 14.2. The lowest BCUT2D eigenvalue weighted by Gasteiger charge is -2.36. The Kier molecular flexibility index (Phi) is 6.01. The molecule has 2 aromatic rings. The number of hydrogen-bond donors (Lipinski definition) is 0. The van der Waals surface area contributed by atoms with E-state index in [-0.39, 0.29) is 0 Å². The number of anilines is 1. The van der Waals surface area contributed by atoms with Crippen LogP contribution in [0.2, 0.25) is 5.02 Å². The van der Waals surface area contributed by atoms with Gasteiger partial charge in [0.15, 0.2) is 15.0 Å². The third-order valence-corrected chi connectivity index (χ3v) is 9.92. The number of aromatic nitrogens is 1. The molecule has 2 atom stereocenters. The maximum absolute atomic E-state index is 13.6. The van der Waals surface area contributed by atoms with E-state index in [0.29, 0.717) is 42.2 Å². The van der Waals surface area contributed by atoms with Crippen LogP contribution in [0.25, 0.3) is 11.3 Å². The number of thiazole rings is 1. The smallest absolute Gasteiger partial charge is 0.185 e. The fraction of sp³-hybridized carbons (Fsp3) is 0.381. The molecule has 1 aliphatic carbocycles. The van der Waals surface area contributed by atoms with Crippen molar-refractivity contribution in [3.05, 3.63) is 58.7 Å². The Morgan fingerprint density at radius 3 is 2.63 bits per heavy atom. The Morgan fingerprint density at radius 1 is 1.23 bits per heavy atom. The SMILES string of the molecule is CC1(Cl)C=CC=CC1S(=O)(=O)C1CCN(c2nc(-c3cc(F)cc(Cl)c3)cs2)CC1. The molecule has 1 saturated heterocycles. The lowest BCUT2D eigenvalue weighted by atomic mass is 10.0. The van der Waals surface area contributed by atoms with Gasteiger partial charge in [-0.2, -0.15) is 0 Å². The Morgan fingerprint density at radius 2 is 1.97 bits per heavy atom. The molecule has 0 bridgehead atoms. The second-order valence-corrected chi connectivity index (χ2v) is 12.2. The molecule has 2 unspecified atom stereocenters. The van der Waals surface area contributed by atoms with Gasteiger partial charge in [0.1, 0.15) is 11.1 Å². The lowest BCUT2D eigenvalue weighted by Crippen LogP contribution is -2.47. The van der Waals surface area contributed by atoms with E-state index in [4.69, 9.17) is 23.2 Å². The Labute approximate surface area is 189 Å². The van der Waals surface area contributed by atoms with E-state index < -0.39 is 31.0 Å². The molecular formula is C21H21Cl2FN2O2S2. The number of piperidine rings is 1. The van der Waals surface area contributed by atoms with Crippen molar-refractivity contribution >= 4 is 49.5 Å². The number of alkyl halides is 1. The molecule has 1 aliphatic heterocycles. The first-order valence-electron chi connectivity index (χ1n) is 9.61. The third-order valence-electron chi connectivity index (χ3n) is 5.56. The zero-order valence-electron chi connectivity index (χ0n) is 16.3. The van der Waals surface area contributed by atoms with E-state index in [1.807, 2.05) is 5.38 Å². The molecule has 4 rings (SSSR count). The number of allylic oxidation sites excluding steroid dienone is 3. The van der Waals surface area contributed by atoms with E-state index in [9.17, 15) is 12.8 Å². The first kappa shape index (κ1) is 21.8. The molecule has 30 heavy (non-hydrogen) atoms. The van der Waals surface area contributed by atoms with Gasteiger partial charge >= 0.3 is 0 Å². The van der Waals surface area contributed by atoms with Crippen molar-refractivity contribution in [1.82, 2.24) is 4.98 Å². The molecule has 0 N–H and O–H groups in total. The number of sulfone groups is 1. The normalized spacial score (nSPS) is 25.1. The van der Waals surface area contributed by atoms with E-state index in [1.54, 1.807) is 37.3 Å². The van der Waals surface area contributed by atoms with Gasteiger partial charge in [-0.05, 0) is 38.0 Å². The fourth-order valence-electron chi connectivity index (χ4n) is 3.95. The fourth-order valence-corrected chi connectivity index (χ4v) is 7.89. The minimum Gasteiger partial charge on any atom is -0.348 e. The Hall–Kier alpha value is -1.41. The van der Waals surface area contributed by atoms with Crippen LogP contribution in [0.4, 0.5) is 9.52 Å². The van der Waals surface area contributed by atoms with Gasteiger partial charge in [-0.3, -0.25) is 0 Å². The molecule has 0 saturated carbocycles. The highest BCUT2D eigenvalue weighted by molar-refractivity contribution is 7.93. The molecule has 0 amide bonds. The molecule has 0 radical (unpaired) electrons. The Balaban J connectivity index is 1.46. The molecule has 160 valence electrons. The molecule has 1 aromatic carbocycles. The van der Waals surface area contributed by atoms with Crippen molar-refractivity contribution in [2.24, 2.45) is 0 Å². The quantitative estimate of drug-likeness (QED) is 0.536. The van der Waals surface area contributed by atoms with Gasteiger partial charge in [-0.15, -0.1) is 22.9 Å². The number of benzene rings is 1. The van der Waals surface area contributed by atoms with Crippen LogP contribution in [0.1, 0.15) is 19.8 Å². The summed E-state index contributed by atoms with van der Waals surface area (Å²) in [5.74, 6) is -0.407. The van der Waals surface area contributed by atoms with Crippen molar-refractivity contribution in [2.45, 2.75) is 35.1 Å². The van der Waals surface area contributed by atoms with Gasteiger partial charge in [0.25, 0.3) is 0 Å². The number of nitrogens with zero attached hydrogens (tertiary/aromatic N) is 2. The van der Waals surface area contributed by atoms with E-state index in [0.717, 1.165) is 5.13 Å². The summed E-state index contributed by atoms with van der Waals surface area (Å²) in [4.78, 5) is 5.77. The average Bonchev–Trinajstić information content (AvgIpc) is 3.17. The van der Waals surface area contributed by atoms with Crippen LogP contribution >= 0.6 is 34.5 Å². The number of hydrogen-bond acceptors (Lipinski definition) is 5. The minimum atomic E-state index is -3.42. The minimum absolute atomic E-state index is 0.323. The average molecular weight is 487 g/mol.